The van der Waals surface area contributed by atoms with Crippen molar-refractivity contribution < 1.29 is 28.6 Å². The van der Waals surface area contributed by atoms with Gasteiger partial charge in [-0.25, -0.2) is 8.78 Å². The molecule has 2 aromatic rings. The van der Waals surface area contributed by atoms with E-state index in [1.165, 1.54) is 37.3 Å². The number of hydrogen-bond acceptors (Lipinski definition) is 5. The molecule has 0 aromatic heterocycles. The number of carbonyl (C=O) groups is 2. The van der Waals surface area contributed by atoms with E-state index in [9.17, 15) is 24.2 Å². The van der Waals surface area contributed by atoms with Crippen molar-refractivity contribution in [1.82, 2.24) is 10.6 Å². The smallest absolute Gasteiger partial charge is 0.237 e. The number of carbonyl (C=O) groups excluding carboxylic acids is 2. The molecule has 1 spiro atoms. The first kappa shape index (κ1) is 29.7. The molecule has 0 radical (unpaired) electrons. The standard InChI is InChI=1S/C28H33Cl2F2N3O4/c1-26(2,3)12-20-28(15-10-18(31)17(30)11-19(15)34-25(28)38)21(14-6-5-7-16(29)22(14)32)23(35-20)24(37)33-9-8-27(4,39)13-36/h5-7,10-11,20-21,23,35-36,39H,8-9,12-13H2,1-4H3,(H,33,37)(H,34,38)/t20-,21+,23-,27+,28+/m1/s1. The summed E-state index contributed by atoms with van der Waals surface area (Å²) in [6.07, 6.45) is 0.438. The summed E-state index contributed by atoms with van der Waals surface area (Å²) in [7, 11) is 0. The van der Waals surface area contributed by atoms with E-state index < -0.39 is 59.1 Å². The lowest BCUT2D eigenvalue weighted by Crippen LogP contribution is -2.49. The molecule has 5 N–H and O–H groups in total. The molecular formula is C28H33Cl2F2N3O4. The first-order valence-corrected chi connectivity index (χ1v) is 13.5. The lowest BCUT2D eigenvalue weighted by Gasteiger charge is -2.37. The van der Waals surface area contributed by atoms with Gasteiger partial charge in [-0.05, 0) is 54.5 Å². The van der Waals surface area contributed by atoms with Crippen LogP contribution in [0.15, 0.2) is 30.3 Å². The van der Waals surface area contributed by atoms with E-state index in [2.05, 4.69) is 16.0 Å². The minimum Gasteiger partial charge on any atom is -0.393 e. The van der Waals surface area contributed by atoms with E-state index in [0.29, 0.717) is 12.1 Å². The largest absolute Gasteiger partial charge is 0.393 e. The van der Waals surface area contributed by atoms with Crippen LogP contribution in [0.2, 0.25) is 10.0 Å². The van der Waals surface area contributed by atoms with E-state index in [1.807, 2.05) is 20.8 Å². The van der Waals surface area contributed by atoms with Crippen molar-refractivity contribution in [2.24, 2.45) is 5.41 Å². The molecular weight excluding hydrogens is 551 g/mol. The SMILES string of the molecule is CC(C)(C)C[C@H]1N[C@@H](C(=O)NCC[C@](C)(O)CO)[C@H](c2cccc(Cl)c2F)[C@@]12C(=O)Nc1cc(Cl)c(F)cc12. The fourth-order valence-corrected chi connectivity index (χ4v) is 6.15. The molecule has 1 fully saturated rings. The molecule has 5 atom stereocenters. The van der Waals surface area contributed by atoms with Crippen LogP contribution < -0.4 is 16.0 Å². The molecule has 2 aliphatic rings. The molecule has 2 heterocycles. The number of nitrogens with one attached hydrogen (secondary N) is 3. The van der Waals surface area contributed by atoms with Crippen LogP contribution in [0.3, 0.4) is 0 Å². The van der Waals surface area contributed by atoms with Gasteiger partial charge in [0.25, 0.3) is 0 Å². The number of aliphatic hydroxyl groups is 2. The van der Waals surface area contributed by atoms with Crippen LogP contribution in [-0.4, -0.2) is 52.9 Å². The third-order valence-corrected chi connectivity index (χ3v) is 8.18. The highest BCUT2D eigenvalue weighted by atomic mass is 35.5. The van der Waals surface area contributed by atoms with Gasteiger partial charge in [0.15, 0.2) is 0 Å². The Hall–Kier alpha value is -2.30. The molecule has 0 saturated carbocycles. The molecule has 39 heavy (non-hydrogen) atoms. The van der Waals surface area contributed by atoms with Crippen LogP contribution >= 0.6 is 23.2 Å². The van der Waals surface area contributed by atoms with Gasteiger partial charge in [0.2, 0.25) is 11.8 Å². The topological polar surface area (TPSA) is 111 Å². The van der Waals surface area contributed by atoms with Crippen LogP contribution in [0.25, 0.3) is 0 Å². The number of amides is 2. The highest BCUT2D eigenvalue weighted by Crippen LogP contribution is 2.57. The maximum atomic E-state index is 15.7. The number of rotatable bonds is 7. The van der Waals surface area contributed by atoms with Gasteiger partial charge in [-0.15, -0.1) is 0 Å². The van der Waals surface area contributed by atoms with Gasteiger partial charge in [-0.3, -0.25) is 9.59 Å². The second kappa shape index (κ2) is 10.6. The molecule has 11 heteroatoms. The van der Waals surface area contributed by atoms with Gasteiger partial charge < -0.3 is 26.2 Å². The summed E-state index contributed by atoms with van der Waals surface area (Å²) in [5, 5.41) is 28.0. The van der Waals surface area contributed by atoms with Crippen molar-refractivity contribution in [2.45, 2.75) is 69.6 Å². The maximum absolute atomic E-state index is 15.7. The molecule has 2 aliphatic heterocycles. The van der Waals surface area contributed by atoms with Crippen molar-refractivity contribution in [3.8, 4) is 0 Å². The Morgan fingerprint density at radius 2 is 1.85 bits per heavy atom. The molecule has 1 saturated heterocycles. The van der Waals surface area contributed by atoms with Crippen molar-refractivity contribution in [1.29, 1.82) is 0 Å². The lowest BCUT2D eigenvalue weighted by atomic mass is 9.62. The minimum atomic E-state index is -1.59. The summed E-state index contributed by atoms with van der Waals surface area (Å²) >= 11 is 12.2. The molecule has 7 nitrogen and oxygen atoms in total. The molecule has 212 valence electrons. The molecule has 0 unspecified atom stereocenters. The predicted octanol–water partition coefficient (Wildman–Crippen LogP) is 4.27. The Balaban J connectivity index is 1.91. The first-order valence-electron chi connectivity index (χ1n) is 12.7. The predicted molar refractivity (Wildman–Crippen MR) is 146 cm³/mol. The second-order valence-electron chi connectivity index (χ2n) is 11.9. The fourth-order valence-electron chi connectivity index (χ4n) is 5.81. The monoisotopic (exact) mass is 583 g/mol. The summed E-state index contributed by atoms with van der Waals surface area (Å²) in [4.78, 5) is 27.7. The van der Waals surface area contributed by atoms with Gasteiger partial charge in [0.05, 0.1) is 28.3 Å². The van der Waals surface area contributed by atoms with Crippen molar-refractivity contribution >= 4 is 40.7 Å². The summed E-state index contributed by atoms with van der Waals surface area (Å²) in [5.41, 5.74) is -2.74. The Morgan fingerprint density at radius 1 is 1.15 bits per heavy atom. The summed E-state index contributed by atoms with van der Waals surface area (Å²) < 4.78 is 30.6. The van der Waals surface area contributed by atoms with Gasteiger partial charge in [0.1, 0.15) is 17.0 Å². The van der Waals surface area contributed by atoms with E-state index in [-0.39, 0.29) is 39.6 Å². The zero-order chi connectivity index (χ0) is 28.9. The quantitative estimate of drug-likeness (QED) is 0.334. The average Bonchev–Trinajstić information content (AvgIpc) is 3.30. The Morgan fingerprint density at radius 3 is 2.49 bits per heavy atom. The van der Waals surface area contributed by atoms with Gasteiger partial charge in [-0.1, -0.05) is 56.1 Å². The van der Waals surface area contributed by atoms with Crippen LogP contribution in [0.5, 0.6) is 0 Å². The van der Waals surface area contributed by atoms with Crippen LogP contribution in [0.4, 0.5) is 14.5 Å². The Bertz CT molecular complexity index is 1300. The highest BCUT2D eigenvalue weighted by Gasteiger charge is 2.66. The van der Waals surface area contributed by atoms with Crippen molar-refractivity contribution in [3.05, 3.63) is 63.1 Å². The summed E-state index contributed by atoms with van der Waals surface area (Å²) in [6.45, 7) is 6.86. The number of anilines is 1. The highest BCUT2D eigenvalue weighted by molar-refractivity contribution is 6.31. The number of benzene rings is 2. The van der Waals surface area contributed by atoms with Crippen LogP contribution in [-0.2, 0) is 15.0 Å². The van der Waals surface area contributed by atoms with E-state index in [0.717, 1.165) is 0 Å². The number of fused-ring (bicyclic) bond motifs is 2. The van der Waals surface area contributed by atoms with E-state index in [1.54, 1.807) is 0 Å². The molecule has 2 aromatic carbocycles. The Kier molecular flexibility index (Phi) is 8.06. The fraction of sp³-hybridized carbons (Fsp3) is 0.500. The number of halogens is 4. The van der Waals surface area contributed by atoms with Gasteiger partial charge in [-0.2, -0.15) is 0 Å². The zero-order valence-electron chi connectivity index (χ0n) is 22.2. The molecule has 0 aliphatic carbocycles. The molecule has 0 bridgehead atoms. The third-order valence-electron chi connectivity index (χ3n) is 7.60. The molecule has 2 amide bonds. The number of hydrogen-bond donors (Lipinski definition) is 5. The van der Waals surface area contributed by atoms with Crippen molar-refractivity contribution in [3.63, 3.8) is 0 Å². The first-order chi connectivity index (χ1) is 18.1. The lowest BCUT2D eigenvalue weighted by molar-refractivity contribution is -0.124. The summed E-state index contributed by atoms with van der Waals surface area (Å²) in [5.74, 6) is -3.70. The number of aliphatic hydroxyl groups excluding tert-OH is 1. The van der Waals surface area contributed by atoms with E-state index >= 15 is 4.39 Å². The van der Waals surface area contributed by atoms with Crippen molar-refractivity contribution in [2.75, 3.05) is 18.5 Å². The van der Waals surface area contributed by atoms with Crippen LogP contribution in [0.1, 0.15) is 57.6 Å². The third kappa shape index (κ3) is 5.39. The summed E-state index contributed by atoms with van der Waals surface area (Å²) in [6, 6.07) is 5.05. The maximum Gasteiger partial charge on any atom is 0.237 e. The minimum absolute atomic E-state index is 0.0132. The van der Waals surface area contributed by atoms with Crippen LogP contribution in [0, 0.1) is 17.0 Å². The Labute approximate surface area is 236 Å². The zero-order valence-corrected chi connectivity index (χ0v) is 23.7. The normalized spacial score (nSPS) is 25.9. The van der Waals surface area contributed by atoms with E-state index in [4.69, 9.17) is 23.2 Å². The molecule has 4 rings (SSSR count). The van der Waals surface area contributed by atoms with Gasteiger partial charge in [0, 0.05) is 24.2 Å². The van der Waals surface area contributed by atoms with Gasteiger partial charge >= 0.3 is 0 Å². The average molecular weight is 584 g/mol. The second-order valence-corrected chi connectivity index (χ2v) is 12.7.